The van der Waals surface area contributed by atoms with Gasteiger partial charge in [-0.3, -0.25) is 0 Å². The Labute approximate surface area is 233 Å². The minimum Gasteiger partial charge on any atom is -0.191 e. The zero-order chi connectivity index (χ0) is 29.1. The van der Waals surface area contributed by atoms with Gasteiger partial charge in [-0.05, 0) is 68.1 Å². The summed E-state index contributed by atoms with van der Waals surface area (Å²) >= 11 is 0. The number of hydrogen-bond donors (Lipinski definition) is 0. The van der Waals surface area contributed by atoms with Crippen molar-refractivity contribution < 1.29 is 17.6 Å². The summed E-state index contributed by atoms with van der Waals surface area (Å²) in [6.45, 7) is 7.43. The van der Waals surface area contributed by atoms with Gasteiger partial charge < -0.3 is 0 Å². The highest BCUT2D eigenvalue weighted by Crippen LogP contribution is 2.35. The molecule has 0 fully saturated rings. The van der Waals surface area contributed by atoms with Crippen LogP contribution in [0.25, 0.3) is 70.3 Å². The topological polar surface area (TPSA) is 78.6 Å². The van der Waals surface area contributed by atoms with Crippen LogP contribution < -0.4 is 10.7 Å². The molecule has 42 heavy (non-hydrogen) atoms. The fraction of sp³-hybridized carbons (Fsp3) is 0. The molecule has 0 atom stereocenters. The van der Waals surface area contributed by atoms with E-state index in [4.69, 9.17) is 6.57 Å². The van der Waals surface area contributed by atoms with Gasteiger partial charge in [-0.2, -0.15) is 44.4 Å². The number of halogens is 4. The van der Waals surface area contributed by atoms with Crippen molar-refractivity contribution in [3.8, 4) is 28.4 Å². The number of benzene rings is 3. The third-order valence-electron chi connectivity index (χ3n) is 7.30. The van der Waals surface area contributed by atoms with Crippen LogP contribution in [0.3, 0.4) is 0 Å². The van der Waals surface area contributed by atoms with Crippen molar-refractivity contribution in [3.63, 3.8) is 0 Å². The van der Waals surface area contributed by atoms with Crippen molar-refractivity contribution in [1.82, 2.24) is 9.97 Å². The molecule has 0 saturated carbocycles. The Kier molecular flexibility index (Phi) is 5.53. The highest BCUT2D eigenvalue weighted by molar-refractivity contribution is 6.21. The van der Waals surface area contributed by atoms with Gasteiger partial charge >= 0.3 is 0 Å². The van der Waals surface area contributed by atoms with Crippen LogP contribution in [-0.4, -0.2) is 9.97 Å². The van der Waals surface area contributed by atoms with Crippen LogP contribution in [0.4, 0.5) is 17.6 Å². The first kappa shape index (κ1) is 25.0. The number of pyridine rings is 2. The van der Waals surface area contributed by atoms with Crippen LogP contribution in [-0.2, 0) is 0 Å². The van der Waals surface area contributed by atoms with E-state index in [1.807, 2.05) is 18.3 Å². The molecule has 6 nitrogen and oxygen atoms in total. The quantitative estimate of drug-likeness (QED) is 0.0759. The molecule has 0 aliphatic heterocycles. The molecule has 0 aliphatic rings. The zero-order valence-corrected chi connectivity index (χ0v) is 21.1. The summed E-state index contributed by atoms with van der Waals surface area (Å²) in [5.41, 5.74) is 1.59. The predicted molar refractivity (Wildman–Crippen MR) is 148 cm³/mol. The summed E-state index contributed by atoms with van der Waals surface area (Å²) in [6.07, 6.45) is 1.85. The second-order valence-corrected chi connectivity index (χ2v) is 9.58. The molecular weight excluding hydrogens is 544 g/mol. The Balaban J connectivity index is 1.54. The van der Waals surface area contributed by atoms with Crippen molar-refractivity contribution in [2.75, 3.05) is 0 Å². The lowest BCUT2D eigenvalue weighted by Gasteiger charge is -2.03. The molecule has 10 heteroatoms. The molecule has 0 unspecified atom stereocenters. The van der Waals surface area contributed by atoms with Crippen molar-refractivity contribution in [2.45, 2.75) is 0 Å². The highest BCUT2D eigenvalue weighted by atomic mass is 19.1. The van der Waals surface area contributed by atoms with Gasteiger partial charge in [-0.1, -0.05) is 24.3 Å². The van der Waals surface area contributed by atoms with Crippen LogP contribution in [0, 0.1) is 41.8 Å². The maximum Gasteiger partial charge on any atom is 0.216 e. The summed E-state index contributed by atoms with van der Waals surface area (Å²) in [5, 5.41) is 19.9. The number of hydrogen-bond acceptors (Lipinski definition) is 5. The molecule has 0 aliphatic carbocycles. The lowest BCUT2D eigenvalue weighted by atomic mass is 10.0. The van der Waals surface area contributed by atoms with Gasteiger partial charge in [0.2, 0.25) is 30.0 Å². The molecule has 0 saturated heterocycles. The number of rotatable bonds is 2. The first-order chi connectivity index (χ1) is 20.3. The molecule has 0 spiro atoms. The van der Waals surface area contributed by atoms with Crippen molar-refractivity contribution >= 4 is 43.1 Å². The van der Waals surface area contributed by atoms with E-state index in [2.05, 4.69) is 25.0 Å². The summed E-state index contributed by atoms with van der Waals surface area (Å²) < 4.78 is 55.3. The van der Waals surface area contributed by atoms with Crippen LogP contribution in [0.15, 0.2) is 82.9 Å². The van der Waals surface area contributed by atoms with E-state index in [1.165, 1.54) is 0 Å². The Morgan fingerprint density at radius 3 is 1.43 bits per heavy atom. The Morgan fingerprint density at radius 2 is 0.976 bits per heavy atom. The van der Waals surface area contributed by atoms with Crippen LogP contribution >= 0.6 is 0 Å². The van der Waals surface area contributed by atoms with Crippen molar-refractivity contribution in [1.29, 1.82) is 5.26 Å². The second-order valence-electron chi connectivity index (χ2n) is 9.58. The van der Waals surface area contributed by atoms with Gasteiger partial charge in [0.25, 0.3) is 0 Å². The first-order valence-corrected chi connectivity index (χ1v) is 12.4. The van der Waals surface area contributed by atoms with Crippen molar-refractivity contribution in [3.05, 3.63) is 119 Å². The fourth-order valence-electron chi connectivity index (χ4n) is 5.63. The largest absolute Gasteiger partial charge is 0.216 e. The number of nitriles is 1. The lowest BCUT2D eigenvalue weighted by Crippen LogP contribution is -1.99. The predicted octanol–water partition coefficient (Wildman–Crippen LogP) is 6.97. The Hall–Kier alpha value is -6.00. The summed E-state index contributed by atoms with van der Waals surface area (Å²) in [7, 11) is 0. The lowest BCUT2D eigenvalue weighted by molar-refractivity contribution is 0.512. The van der Waals surface area contributed by atoms with Gasteiger partial charge in [0.05, 0.1) is 10.5 Å². The average Bonchev–Trinajstić information content (AvgIpc) is 3.42. The van der Waals surface area contributed by atoms with E-state index < -0.39 is 23.8 Å². The van der Waals surface area contributed by atoms with Gasteiger partial charge in [0.15, 0.2) is 5.36 Å². The molecule has 2 heterocycles. The van der Waals surface area contributed by atoms with E-state index in [0.29, 0.717) is 43.4 Å². The van der Waals surface area contributed by atoms with Gasteiger partial charge in [0, 0.05) is 45.8 Å². The highest BCUT2D eigenvalue weighted by Gasteiger charge is 2.18. The molecule has 198 valence electrons. The molecule has 0 bridgehead atoms. The zero-order valence-electron chi connectivity index (χ0n) is 21.1. The molecule has 7 rings (SSSR count). The number of nitrogens with zero attached hydrogens (tertiary/aromatic N) is 6. The Morgan fingerprint density at radius 1 is 0.548 bits per heavy atom. The van der Waals surface area contributed by atoms with Crippen molar-refractivity contribution in [2.24, 2.45) is 10.1 Å². The third-order valence-corrected chi connectivity index (χ3v) is 7.30. The van der Waals surface area contributed by atoms with E-state index in [9.17, 15) is 22.8 Å². The summed E-state index contributed by atoms with van der Waals surface area (Å²) in [5.74, 6) is -3.82. The second kappa shape index (κ2) is 9.29. The van der Waals surface area contributed by atoms with E-state index in [1.54, 1.807) is 36.4 Å². The fourth-order valence-corrected chi connectivity index (χ4v) is 5.63. The molecular formula is C32H12F4N6. The third kappa shape index (κ3) is 3.86. The summed E-state index contributed by atoms with van der Waals surface area (Å²) in [6, 6.07) is 18.6. The minimum atomic E-state index is -0.955. The maximum atomic E-state index is 13.8. The van der Waals surface area contributed by atoms with Gasteiger partial charge in [-0.25, -0.2) is 0 Å². The van der Waals surface area contributed by atoms with Gasteiger partial charge in [0.1, 0.15) is 0 Å². The van der Waals surface area contributed by atoms with Crippen LogP contribution in [0.2, 0.25) is 0 Å². The molecule has 5 aromatic carbocycles. The first-order valence-electron chi connectivity index (χ1n) is 12.4. The number of aromatic nitrogens is 2. The molecule has 0 radical (unpaired) electrons. The molecule has 7 aromatic rings. The van der Waals surface area contributed by atoms with Gasteiger partial charge in [-0.15, -0.1) is 4.95 Å². The molecule has 2 aromatic heterocycles. The number of fused-ring (bicyclic) bond motifs is 6. The summed E-state index contributed by atoms with van der Waals surface area (Å²) in [4.78, 5) is 13.6. The minimum absolute atomic E-state index is 0.280. The maximum absolute atomic E-state index is 13.8. The normalized spacial score (nSPS) is 12.5. The van der Waals surface area contributed by atoms with Crippen LogP contribution in [0.1, 0.15) is 0 Å². The smallest absolute Gasteiger partial charge is 0.191 e. The SMILES string of the molecule is [C-]#[N+]/N=c1/c2cc(-c3cc(F)nc(F)c3)ccc2c2cc3/c(=N/C#N)c4cc(-c5cc(F)nc(F)c5)ccc4c3cc12. The average molecular weight is 556 g/mol. The Bertz CT molecular complexity index is 2280. The van der Waals surface area contributed by atoms with E-state index in [-0.39, 0.29) is 11.1 Å². The standard InChI is InChI=1S/C32H12F4N6/c1-38-42-32-24-7-16(18-10-29(35)41-30(36)11-18)3-5-20(24)22-12-25-21(13-26(22)32)19-4-2-15(6-23(19)31(25)39-14-37)17-8-27(33)40-28(34)9-17/h2-13H/b39-31+,42-32-. The van der Waals surface area contributed by atoms with Crippen LogP contribution in [0.5, 0.6) is 0 Å². The monoisotopic (exact) mass is 556 g/mol. The molecule has 0 amide bonds. The molecule has 0 N–H and O–H groups in total. The van der Waals surface area contributed by atoms with E-state index in [0.717, 1.165) is 45.8 Å². The van der Waals surface area contributed by atoms with E-state index >= 15 is 0 Å².